The average Bonchev–Trinajstić information content (AvgIpc) is 2.61. The van der Waals surface area contributed by atoms with E-state index in [4.69, 9.17) is 9.47 Å². The van der Waals surface area contributed by atoms with E-state index in [9.17, 15) is 0 Å². The number of ether oxygens (including phenoxy) is 2. The van der Waals surface area contributed by atoms with Crippen LogP contribution in [0.25, 0.3) is 0 Å². The van der Waals surface area contributed by atoms with Gasteiger partial charge in [-0.15, -0.1) is 0 Å². The molecule has 1 aliphatic rings. The highest BCUT2D eigenvalue weighted by atomic mass is 16.5. The molecule has 1 aliphatic heterocycles. The van der Waals surface area contributed by atoms with Crippen molar-refractivity contribution in [1.29, 1.82) is 0 Å². The van der Waals surface area contributed by atoms with Crippen LogP contribution in [0, 0.1) is 0 Å². The molecule has 1 heterocycles. The first kappa shape index (κ1) is 10.2. The number of nitrogens with zero attached hydrogens (tertiary/aromatic N) is 1. The van der Waals surface area contributed by atoms with Gasteiger partial charge in [0.25, 0.3) is 0 Å². The molecule has 3 heteroatoms. The molecule has 1 aromatic carbocycles. The standard InChI is InChI=1S/C12H15NO2/c1-9-12(10-6-4-3-5-7-10)15-11(13-9)8-14-2/h3-7,9,12H,8H2,1-2H3/t9-,12-/m0/s1. The summed E-state index contributed by atoms with van der Waals surface area (Å²) < 4.78 is 10.7. The summed E-state index contributed by atoms with van der Waals surface area (Å²) in [5.41, 5.74) is 1.17. The number of hydrogen-bond donors (Lipinski definition) is 0. The second-order valence-electron chi connectivity index (χ2n) is 3.65. The molecule has 0 amide bonds. The monoisotopic (exact) mass is 205 g/mol. The molecule has 0 unspecified atom stereocenters. The maximum absolute atomic E-state index is 5.73. The summed E-state index contributed by atoms with van der Waals surface area (Å²) in [6.45, 7) is 2.51. The Labute approximate surface area is 89.7 Å². The van der Waals surface area contributed by atoms with Crippen LogP contribution in [0.1, 0.15) is 18.6 Å². The Hall–Kier alpha value is -1.35. The van der Waals surface area contributed by atoms with Crippen molar-refractivity contribution in [3.05, 3.63) is 35.9 Å². The summed E-state index contributed by atoms with van der Waals surface area (Å²) >= 11 is 0. The fourth-order valence-corrected chi connectivity index (χ4v) is 1.75. The van der Waals surface area contributed by atoms with E-state index in [0.29, 0.717) is 12.5 Å². The van der Waals surface area contributed by atoms with Crippen LogP contribution in [0.5, 0.6) is 0 Å². The van der Waals surface area contributed by atoms with Crippen LogP contribution in [0.4, 0.5) is 0 Å². The van der Waals surface area contributed by atoms with Gasteiger partial charge in [0.1, 0.15) is 12.7 Å². The minimum absolute atomic E-state index is 0.0383. The Balaban J connectivity index is 2.09. The molecule has 0 saturated heterocycles. The SMILES string of the molecule is COCC1=N[C@@H](C)[C@@H](c2ccccc2)O1. The van der Waals surface area contributed by atoms with Gasteiger partial charge in [-0.1, -0.05) is 30.3 Å². The molecular formula is C12H15NO2. The Kier molecular flexibility index (Phi) is 3.02. The van der Waals surface area contributed by atoms with E-state index in [-0.39, 0.29) is 12.1 Å². The highest BCUT2D eigenvalue weighted by Gasteiger charge is 2.28. The topological polar surface area (TPSA) is 30.8 Å². The lowest BCUT2D eigenvalue weighted by atomic mass is 10.0. The van der Waals surface area contributed by atoms with Crippen molar-refractivity contribution in [2.45, 2.75) is 19.1 Å². The largest absolute Gasteiger partial charge is 0.469 e. The van der Waals surface area contributed by atoms with Crippen molar-refractivity contribution in [3.63, 3.8) is 0 Å². The Morgan fingerprint density at radius 1 is 1.33 bits per heavy atom. The third kappa shape index (κ3) is 2.18. The Morgan fingerprint density at radius 2 is 2.07 bits per heavy atom. The van der Waals surface area contributed by atoms with Gasteiger partial charge in [0.15, 0.2) is 0 Å². The van der Waals surface area contributed by atoms with Gasteiger partial charge in [-0.3, -0.25) is 0 Å². The molecule has 0 radical (unpaired) electrons. The molecule has 0 saturated carbocycles. The van der Waals surface area contributed by atoms with Gasteiger partial charge in [0, 0.05) is 7.11 Å². The van der Waals surface area contributed by atoms with Crippen molar-refractivity contribution < 1.29 is 9.47 Å². The molecule has 0 fully saturated rings. The molecule has 3 nitrogen and oxygen atoms in total. The van der Waals surface area contributed by atoms with E-state index in [2.05, 4.69) is 24.0 Å². The van der Waals surface area contributed by atoms with E-state index in [1.807, 2.05) is 18.2 Å². The van der Waals surface area contributed by atoms with Crippen molar-refractivity contribution in [2.75, 3.05) is 13.7 Å². The van der Waals surface area contributed by atoms with Crippen LogP contribution in [-0.2, 0) is 9.47 Å². The van der Waals surface area contributed by atoms with Crippen LogP contribution in [0.2, 0.25) is 0 Å². The zero-order valence-corrected chi connectivity index (χ0v) is 9.01. The molecule has 0 bridgehead atoms. The second kappa shape index (κ2) is 4.45. The first-order valence-corrected chi connectivity index (χ1v) is 5.08. The molecule has 2 rings (SSSR count). The van der Waals surface area contributed by atoms with Gasteiger partial charge in [-0.05, 0) is 12.5 Å². The molecule has 0 aliphatic carbocycles. The van der Waals surface area contributed by atoms with Crippen LogP contribution in [0.3, 0.4) is 0 Å². The van der Waals surface area contributed by atoms with Crippen molar-refractivity contribution >= 4 is 5.90 Å². The van der Waals surface area contributed by atoms with Gasteiger partial charge >= 0.3 is 0 Å². The summed E-state index contributed by atoms with van der Waals surface area (Å²) in [6, 6.07) is 10.3. The normalized spacial score (nSPS) is 24.8. The number of aliphatic imine (C=N–C) groups is 1. The third-order valence-electron chi connectivity index (χ3n) is 2.44. The highest BCUT2D eigenvalue weighted by Crippen LogP contribution is 2.28. The summed E-state index contributed by atoms with van der Waals surface area (Å²) in [6.07, 6.45) is 0.0383. The minimum Gasteiger partial charge on any atom is -0.469 e. The Morgan fingerprint density at radius 3 is 2.73 bits per heavy atom. The molecule has 0 N–H and O–H groups in total. The van der Waals surface area contributed by atoms with Gasteiger partial charge in [-0.2, -0.15) is 0 Å². The van der Waals surface area contributed by atoms with E-state index in [1.165, 1.54) is 5.56 Å². The van der Waals surface area contributed by atoms with Gasteiger partial charge in [0.05, 0.1) is 6.04 Å². The number of rotatable bonds is 3. The maximum atomic E-state index is 5.73. The smallest absolute Gasteiger partial charge is 0.211 e. The molecule has 2 atom stereocenters. The van der Waals surface area contributed by atoms with Crippen molar-refractivity contribution in [2.24, 2.45) is 4.99 Å². The molecule has 1 aromatic rings. The number of methoxy groups -OCH3 is 1. The fourth-order valence-electron chi connectivity index (χ4n) is 1.75. The second-order valence-corrected chi connectivity index (χ2v) is 3.65. The molecular weight excluding hydrogens is 190 g/mol. The maximum Gasteiger partial charge on any atom is 0.211 e. The van der Waals surface area contributed by atoms with Crippen molar-refractivity contribution in [3.8, 4) is 0 Å². The summed E-state index contributed by atoms with van der Waals surface area (Å²) in [7, 11) is 1.65. The van der Waals surface area contributed by atoms with E-state index >= 15 is 0 Å². The average molecular weight is 205 g/mol. The van der Waals surface area contributed by atoms with Crippen LogP contribution < -0.4 is 0 Å². The molecule has 15 heavy (non-hydrogen) atoms. The van der Waals surface area contributed by atoms with E-state index < -0.39 is 0 Å². The van der Waals surface area contributed by atoms with Gasteiger partial charge in [-0.25, -0.2) is 4.99 Å². The first-order valence-electron chi connectivity index (χ1n) is 5.08. The zero-order valence-electron chi connectivity index (χ0n) is 9.01. The summed E-state index contributed by atoms with van der Waals surface area (Å²) in [5.74, 6) is 0.693. The van der Waals surface area contributed by atoms with Crippen LogP contribution in [-0.4, -0.2) is 25.7 Å². The lowest BCUT2D eigenvalue weighted by Crippen LogP contribution is -2.12. The summed E-state index contributed by atoms with van der Waals surface area (Å²) in [4.78, 5) is 4.41. The van der Waals surface area contributed by atoms with Gasteiger partial charge in [0.2, 0.25) is 5.90 Å². The fraction of sp³-hybridized carbons (Fsp3) is 0.417. The lowest BCUT2D eigenvalue weighted by Gasteiger charge is -2.14. The van der Waals surface area contributed by atoms with Crippen LogP contribution in [0.15, 0.2) is 35.3 Å². The third-order valence-corrected chi connectivity index (χ3v) is 2.44. The van der Waals surface area contributed by atoms with Gasteiger partial charge < -0.3 is 9.47 Å². The predicted molar refractivity (Wildman–Crippen MR) is 59.0 cm³/mol. The van der Waals surface area contributed by atoms with Crippen LogP contribution >= 0.6 is 0 Å². The predicted octanol–water partition coefficient (Wildman–Crippen LogP) is 2.19. The zero-order chi connectivity index (χ0) is 10.7. The highest BCUT2D eigenvalue weighted by molar-refractivity contribution is 5.79. The quantitative estimate of drug-likeness (QED) is 0.757. The summed E-state index contributed by atoms with van der Waals surface area (Å²) in [5, 5.41) is 0. The molecule has 0 aromatic heterocycles. The number of hydrogen-bond acceptors (Lipinski definition) is 3. The molecule has 0 spiro atoms. The Bertz CT molecular complexity index is 348. The van der Waals surface area contributed by atoms with E-state index in [0.717, 1.165) is 0 Å². The first-order chi connectivity index (χ1) is 7.31. The van der Waals surface area contributed by atoms with E-state index in [1.54, 1.807) is 7.11 Å². The molecule has 80 valence electrons. The minimum atomic E-state index is 0.0383. The lowest BCUT2D eigenvalue weighted by molar-refractivity contribution is 0.166. The van der Waals surface area contributed by atoms with Crippen molar-refractivity contribution in [1.82, 2.24) is 0 Å². The number of benzene rings is 1.